The van der Waals surface area contributed by atoms with Gasteiger partial charge in [-0.3, -0.25) is 4.79 Å². The van der Waals surface area contributed by atoms with Crippen LogP contribution in [0.2, 0.25) is 0 Å². The van der Waals surface area contributed by atoms with Crippen LogP contribution in [-0.4, -0.2) is 10.9 Å². The van der Waals surface area contributed by atoms with Gasteiger partial charge in [-0.2, -0.15) is 0 Å². The predicted molar refractivity (Wildman–Crippen MR) is 91.5 cm³/mol. The maximum atomic E-state index is 11.8. The average Bonchev–Trinajstić information content (AvgIpc) is 2.95. The fraction of sp³-hybridized carbons (Fsp3) is 0.444. The Kier molecular flexibility index (Phi) is 4.88. The number of hydrogen-bond acceptors (Lipinski definition) is 3. The molecule has 0 fully saturated rings. The summed E-state index contributed by atoms with van der Waals surface area (Å²) in [5, 5.41) is 3.73. The number of aromatic nitrogens is 1. The molecule has 1 aromatic heterocycles. The molecule has 1 aliphatic carbocycles. The van der Waals surface area contributed by atoms with E-state index in [0.29, 0.717) is 12.3 Å². The van der Waals surface area contributed by atoms with Gasteiger partial charge >= 0.3 is 0 Å². The Morgan fingerprint density at radius 3 is 2.95 bits per heavy atom. The molecule has 3 nitrogen and oxygen atoms in total. The Morgan fingerprint density at radius 1 is 1.36 bits per heavy atom. The standard InChI is InChI=1S/C18H22N2OS/c1-2-3-9-17(21)20-18-19-15-11-10-14(12-16(15)22-18)13-7-5-4-6-8-13/h4-8,14H,2-3,9-12H2,1H3,(H,19,20,21). The Morgan fingerprint density at radius 2 is 2.18 bits per heavy atom. The molecule has 1 N–H and O–H groups in total. The highest BCUT2D eigenvalue weighted by Crippen LogP contribution is 2.36. The fourth-order valence-electron chi connectivity index (χ4n) is 2.96. The molecule has 0 saturated carbocycles. The van der Waals surface area contributed by atoms with Gasteiger partial charge in [-0.1, -0.05) is 43.7 Å². The quantitative estimate of drug-likeness (QED) is 0.880. The largest absolute Gasteiger partial charge is 0.302 e. The highest BCUT2D eigenvalue weighted by atomic mass is 32.1. The minimum Gasteiger partial charge on any atom is -0.302 e. The van der Waals surface area contributed by atoms with Gasteiger partial charge in [0.1, 0.15) is 0 Å². The van der Waals surface area contributed by atoms with Crippen molar-refractivity contribution in [3.8, 4) is 0 Å². The molecule has 116 valence electrons. The Hall–Kier alpha value is -1.68. The summed E-state index contributed by atoms with van der Waals surface area (Å²) in [5.41, 5.74) is 2.60. The van der Waals surface area contributed by atoms with Crippen LogP contribution in [0.15, 0.2) is 30.3 Å². The van der Waals surface area contributed by atoms with Crippen LogP contribution < -0.4 is 5.32 Å². The number of rotatable bonds is 5. The monoisotopic (exact) mass is 314 g/mol. The molecule has 0 aliphatic heterocycles. The first kappa shape index (κ1) is 15.2. The van der Waals surface area contributed by atoms with Crippen molar-refractivity contribution in [3.63, 3.8) is 0 Å². The smallest absolute Gasteiger partial charge is 0.226 e. The van der Waals surface area contributed by atoms with Gasteiger partial charge in [0, 0.05) is 11.3 Å². The number of anilines is 1. The van der Waals surface area contributed by atoms with Crippen LogP contribution in [0.5, 0.6) is 0 Å². The molecule has 1 heterocycles. The van der Waals surface area contributed by atoms with E-state index < -0.39 is 0 Å². The van der Waals surface area contributed by atoms with E-state index in [2.05, 4.69) is 47.6 Å². The van der Waals surface area contributed by atoms with Crippen molar-refractivity contribution in [1.29, 1.82) is 0 Å². The number of carbonyl (C=O) groups is 1. The van der Waals surface area contributed by atoms with Crippen LogP contribution in [0, 0.1) is 0 Å². The topological polar surface area (TPSA) is 42.0 Å². The van der Waals surface area contributed by atoms with Crippen molar-refractivity contribution in [3.05, 3.63) is 46.5 Å². The summed E-state index contributed by atoms with van der Waals surface area (Å²) in [7, 11) is 0. The Labute approximate surface area is 135 Å². The molecule has 0 spiro atoms. The van der Waals surface area contributed by atoms with Crippen LogP contribution in [0.25, 0.3) is 0 Å². The van der Waals surface area contributed by atoms with Gasteiger partial charge < -0.3 is 5.32 Å². The van der Waals surface area contributed by atoms with E-state index in [4.69, 9.17) is 0 Å². The van der Waals surface area contributed by atoms with E-state index in [1.807, 2.05) is 0 Å². The van der Waals surface area contributed by atoms with Gasteiger partial charge in [0.15, 0.2) is 5.13 Å². The lowest BCUT2D eigenvalue weighted by atomic mass is 9.85. The molecule has 0 saturated heterocycles. The Balaban J connectivity index is 1.66. The lowest BCUT2D eigenvalue weighted by Gasteiger charge is -2.21. The summed E-state index contributed by atoms with van der Waals surface area (Å²) in [6, 6.07) is 10.7. The van der Waals surface area contributed by atoms with Crippen LogP contribution >= 0.6 is 11.3 Å². The number of hydrogen-bond donors (Lipinski definition) is 1. The molecule has 1 amide bonds. The molecule has 4 heteroatoms. The number of unbranched alkanes of at least 4 members (excludes halogenated alkanes) is 1. The zero-order valence-corrected chi connectivity index (χ0v) is 13.8. The summed E-state index contributed by atoms with van der Waals surface area (Å²) in [6.07, 6.45) is 5.77. The molecule has 2 aromatic rings. The lowest BCUT2D eigenvalue weighted by Crippen LogP contribution is -2.12. The summed E-state index contributed by atoms with van der Waals surface area (Å²) in [4.78, 5) is 17.8. The van der Waals surface area contributed by atoms with Crippen LogP contribution in [-0.2, 0) is 17.6 Å². The molecule has 1 unspecified atom stereocenters. The van der Waals surface area contributed by atoms with E-state index >= 15 is 0 Å². The Bertz CT molecular complexity index is 636. The lowest BCUT2D eigenvalue weighted by molar-refractivity contribution is -0.116. The molecule has 22 heavy (non-hydrogen) atoms. The van der Waals surface area contributed by atoms with Crippen molar-refractivity contribution in [2.24, 2.45) is 0 Å². The summed E-state index contributed by atoms with van der Waals surface area (Å²) >= 11 is 1.65. The highest BCUT2D eigenvalue weighted by Gasteiger charge is 2.24. The first-order valence-electron chi connectivity index (χ1n) is 8.09. The number of nitrogens with zero attached hydrogens (tertiary/aromatic N) is 1. The number of fused-ring (bicyclic) bond motifs is 1. The molecule has 1 atom stereocenters. The normalized spacial score (nSPS) is 17.0. The zero-order chi connectivity index (χ0) is 15.4. The van der Waals surface area contributed by atoms with Crippen molar-refractivity contribution in [2.45, 2.75) is 51.4 Å². The second kappa shape index (κ2) is 7.05. The molecule has 3 rings (SSSR count). The number of aryl methyl sites for hydroxylation is 1. The van der Waals surface area contributed by atoms with Crippen molar-refractivity contribution in [1.82, 2.24) is 4.98 Å². The summed E-state index contributed by atoms with van der Waals surface area (Å²) in [6.45, 7) is 2.10. The van der Waals surface area contributed by atoms with Crippen molar-refractivity contribution in [2.75, 3.05) is 5.32 Å². The van der Waals surface area contributed by atoms with E-state index in [9.17, 15) is 4.79 Å². The third-order valence-electron chi connectivity index (χ3n) is 4.21. The number of carbonyl (C=O) groups excluding carboxylic acids is 1. The minimum absolute atomic E-state index is 0.0903. The SMILES string of the molecule is CCCCC(=O)Nc1nc2c(s1)CC(c1ccccc1)CC2. The second-order valence-electron chi connectivity index (χ2n) is 5.89. The first-order chi connectivity index (χ1) is 10.8. The van der Waals surface area contributed by atoms with Gasteiger partial charge in [0.2, 0.25) is 5.91 Å². The maximum Gasteiger partial charge on any atom is 0.226 e. The van der Waals surface area contributed by atoms with Crippen LogP contribution in [0.4, 0.5) is 5.13 Å². The number of benzene rings is 1. The van der Waals surface area contributed by atoms with E-state index in [-0.39, 0.29) is 5.91 Å². The van der Waals surface area contributed by atoms with Crippen molar-refractivity contribution < 1.29 is 4.79 Å². The number of nitrogens with one attached hydrogen (secondary N) is 1. The van der Waals surface area contributed by atoms with Gasteiger partial charge in [-0.25, -0.2) is 4.98 Å². The molecule has 1 aliphatic rings. The van der Waals surface area contributed by atoms with E-state index in [1.165, 1.54) is 16.1 Å². The molecular weight excluding hydrogens is 292 g/mol. The third-order valence-corrected chi connectivity index (χ3v) is 5.25. The number of amides is 1. The molecule has 0 bridgehead atoms. The average molecular weight is 314 g/mol. The van der Waals surface area contributed by atoms with E-state index in [0.717, 1.165) is 37.2 Å². The molecule has 0 radical (unpaired) electrons. The number of thiazole rings is 1. The fourth-order valence-corrected chi connectivity index (χ4v) is 4.06. The second-order valence-corrected chi connectivity index (χ2v) is 6.97. The van der Waals surface area contributed by atoms with E-state index in [1.54, 1.807) is 11.3 Å². The summed E-state index contributed by atoms with van der Waals surface area (Å²) < 4.78 is 0. The van der Waals surface area contributed by atoms with Gasteiger partial charge in [-0.05, 0) is 37.2 Å². The molecular formula is C18H22N2OS. The van der Waals surface area contributed by atoms with Crippen molar-refractivity contribution >= 4 is 22.4 Å². The predicted octanol–water partition coefficient (Wildman–Crippen LogP) is 4.54. The summed E-state index contributed by atoms with van der Waals surface area (Å²) in [5.74, 6) is 0.672. The van der Waals surface area contributed by atoms with Gasteiger partial charge in [0.25, 0.3) is 0 Å². The molecule has 1 aromatic carbocycles. The van der Waals surface area contributed by atoms with Crippen LogP contribution in [0.1, 0.15) is 54.7 Å². The minimum atomic E-state index is 0.0903. The van der Waals surface area contributed by atoms with Crippen LogP contribution in [0.3, 0.4) is 0 Å². The third kappa shape index (κ3) is 3.55. The first-order valence-corrected chi connectivity index (χ1v) is 8.91. The highest BCUT2D eigenvalue weighted by molar-refractivity contribution is 7.15. The van der Waals surface area contributed by atoms with Gasteiger partial charge in [-0.15, -0.1) is 11.3 Å². The van der Waals surface area contributed by atoms with Gasteiger partial charge in [0.05, 0.1) is 5.69 Å². The maximum absolute atomic E-state index is 11.8. The zero-order valence-electron chi connectivity index (χ0n) is 13.0.